The standard InChI is InChI=1S/C21H18BrN3/c1-14(23-24-17-10-8-16(22)9-11-17)15-7-12-21-19(13-15)18-5-3-4-6-20(18)25(21)2/h3-13,24H,1-2H3/b23-14+. The van der Waals surface area contributed by atoms with Crippen molar-refractivity contribution in [1.29, 1.82) is 0 Å². The van der Waals surface area contributed by atoms with Crippen LogP contribution in [0.4, 0.5) is 5.69 Å². The van der Waals surface area contributed by atoms with Crippen LogP contribution in [0.2, 0.25) is 0 Å². The van der Waals surface area contributed by atoms with Gasteiger partial charge in [-0.05, 0) is 55.0 Å². The molecule has 124 valence electrons. The largest absolute Gasteiger partial charge is 0.344 e. The van der Waals surface area contributed by atoms with E-state index in [9.17, 15) is 0 Å². The fourth-order valence-electron chi connectivity index (χ4n) is 3.13. The number of benzene rings is 3. The molecule has 4 heteroatoms. The normalized spacial score (nSPS) is 12.0. The van der Waals surface area contributed by atoms with Crippen LogP contribution in [0.1, 0.15) is 12.5 Å². The van der Waals surface area contributed by atoms with Gasteiger partial charge in [-0.3, -0.25) is 5.43 Å². The van der Waals surface area contributed by atoms with Gasteiger partial charge in [-0.1, -0.05) is 40.2 Å². The number of hydrogen-bond acceptors (Lipinski definition) is 2. The molecule has 1 heterocycles. The molecular weight excluding hydrogens is 374 g/mol. The summed E-state index contributed by atoms with van der Waals surface area (Å²) < 4.78 is 3.29. The predicted octanol–water partition coefficient (Wildman–Crippen LogP) is 5.93. The highest BCUT2D eigenvalue weighted by Crippen LogP contribution is 2.28. The second kappa shape index (κ2) is 6.37. The molecule has 0 saturated heterocycles. The maximum atomic E-state index is 4.53. The fourth-order valence-corrected chi connectivity index (χ4v) is 3.39. The van der Waals surface area contributed by atoms with Crippen LogP contribution in [0.5, 0.6) is 0 Å². The topological polar surface area (TPSA) is 29.3 Å². The van der Waals surface area contributed by atoms with Crippen molar-refractivity contribution < 1.29 is 0 Å². The number of para-hydroxylation sites is 1. The molecule has 1 N–H and O–H groups in total. The van der Waals surface area contributed by atoms with E-state index in [1.54, 1.807) is 0 Å². The first-order valence-corrected chi connectivity index (χ1v) is 8.96. The summed E-state index contributed by atoms with van der Waals surface area (Å²) in [4.78, 5) is 0. The SMILES string of the molecule is C/C(=N\Nc1ccc(Br)cc1)c1ccc2c(c1)c1ccccc1n2C. The van der Waals surface area contributed by atoms with Gasteiger partial charge >= 0.3 is 0 Å². The average Bonchev–Trinajstić information content (AvgIpc) is 2.93. The van der Waals surface area contributed by atoms with Crippen molar-refractivity contribution in [2.75, 3.05) is 5.43 Å². The molecule has 4 aromatic rings. The molecule has 0 aliphatic carbocycles. The van der Waals surface area contributed by atoms with E-state index in [0.29, 0.717) is 0 Å². The molecule has 3 aromatic carbocycles. The number of hydrazone groups is 1. The molecule has 3 nitrogen and oxygen atoms in total. The number of nitrogens with zero attached hydrogens (tertiary/aromatic N) is 2. The highest BCUT2D eigenvalue weighted by atomic mass is 79.9. The summed E-state index contributed by atoms with van der Waals surface area (Å²) in [5.74, 6) is 0. The molecule has 25 heavy (non-hydrogen) atoms. The predicted molar refractivity (Wildman–Crippen MR) is 110 cm³/mol. The number of nitrogens with one attached hydrogen (secondary N) is 1. The molecule has 0 aliphatic rings. The van der Waals surface area contributed by atoms with E-state index in [1.165, 1.54) is 21.8 Å². The molecule has 0 fully saturated rings. The lowest BCUT2D eigenvalue weighted by Gasteiger charge is -2.05. The fraction of sp³-hybridized carbons (Fsp3) is 0.0952. The van der Waals surface area contributed by atoms with Crippen LogP contribution < -0.4 is 5.43 Å². The number of rotatable bonds is 3. The first-order valence-electron chi connectivity index (χ1n) is 8.17. The Morgan fingerprint density at radius 2 is 1.64 bits per heavy atom. The van der Waals surface area contributed by atoms with E-state index < -0.39 is 0 Å². The van der Waals surface area contributed by atoms with Gasteiger partial charge in [0.05, 0.1) is 11.4 Å². The Hall–Kier alpha value is -2.59. The Bertz CT molecular complexity index is 1090. The third-order valence-corrected chi connectivity index (χ3v) is 5.06. The second-order valence-electron chi connectivity index (χ2n) is 6.12. The highest BCUT2D eigenvalue weighted by Gasteiger charge is 2.09. The highest BCUT2D eigenvalue weighted by molar-refractivity contribution is 9.10. The Labute approximate surface area is 155 Å². The van der Waals surface area contributed by atoms with Crippen molar-refractivity contribution in [1.82, 2.24) is 4.57 Å². The second-order valence-corrected chi connectivity index (χ2v) is 7.04. The van der Waals surface area contributed by atoms with E-state index in [0.717, 1.165) is 21.4 Å². The molecule has 0 aliphatic heterocycles. The van der Waals surface area contributed by atoms with E-state index in [2.05, 4.69) is 80.5 Å². The van der Waals surface area contributed by atoms with Gasteiger partial charge in [0.1, 0.15) is 0 Å². The quantitative estimate of drug-likeness (QED) is 0.340. The number of hydrogen-bond donors (Lipinski definition) is 1. The molecular formula is C21H18BrN3. The van der Waals surface area contributed by atoms with Gasteiger partial charge in [0.15, 0.2) is 0 Å². The third kappa shape index (κ3) is 2.94. The lowest BCUT2D eigenvalue weighted by atomic mass is 10.1. The molecule has 0 atom stereocenters. The molecule has 0 unspecified atom stereocenters. The van der Waals surface area contributed by atoms with E-state index >= 15 is 0 Å². The van der Waals surface area contributed by atoms with Crippen LogP contribution in [0.3, 0.4) is 0 Å². The Morgan fingerprint density at radius 1 is 0.920 bits per heavy atom. The summed E-state index contributed by atoms with van der Waals surface area (Å²) in [6.45, 7) is 2.03. The van der Waals surface area contributed by atoms with Crippen LogP contribution in [-0.2, 0) is 7.05 Å². The first-order chi connectivity index (χ1) is 12.1. The Morgan fingerprint density at radius 3 is 2.44 bits per heavy atom. The van der Waals surface area contributed by atoms with Crippen LogP contribution in [0, 0.1) is 0 Å². The summed E-state index contributed by atoms with van der Waals surface area (Å²) in [5, 5.41) is 7.06. The number of anilines is 1. The van der Waals surface area contributed by atoms with Crippen molar-refractivity contribution in [2.24, 2.45) is 12.1 Å². The van der Waals surface area contributed by atoms with Crippen LogP contribution in [0.25, 0.3) is 21.8 Å². The van der Waals surface area contributed by atoms with Crippen molar-refractivity contribution in [2.45, 2.75) is 6.92 Å². The minimum atomic E-state index is 0.956. The van der Waals surface area contributed by atoms with Crippen molar-refractivity contribution in [3.8, 4) is 0 Å². The molecule has 0 amide bonds. The number of halogens is 1. The van der Waals surface area contributed by atoms with E-state index in [-0.39, 0.29) is 0 Å². The van der Waals surface area contributed by atoms with Crippen LogP contribution >= 0.6 is 15.9 Å². The molecule has 4 rings (SSSR count). The molecule has 1 aromatic heterocycles. The summed E-state index contributed by atoms with van der Waals surface area (Å²) in [7, 11) is 2.11. The van der Waals surface area contributed by atoms with Crippen molar-refractivity contribution in [3.63, 3.8) is 0 Å². The van der Waals surface area contributed by atoms with Gasteiger partial charge in [0.25, 0.3) is 0 Å². The monoisotopic (exact) mass is 391 g/mol. The van der Waals surface area contributed by atoms with Crippen molar-refractivity contribution >= 4 is 49.1 Å². The van der Waals surface area contributed by atoms with E-state index in [4.69, 9.17) is 0 Å². The Balaban J connectivity index is 1.72. The van der Waals surface area contributed by atoms with Gasteiger partial charge in [0, 0.05) is 33.3 Å². The van der Waals surface area contributed by atoms with Gasteiger partial charge in [0.2, 0.25) is 0 Å². The minimum Gasteiger partial charge on any atom is -0.344 e. The van der Waals surface area contributed by atoms with Gasteiger partial charge < -0.3 is 4.57 Å². The minimum absolute atomic E-state index is 0.956. The maximum absolute atomic E-state index is 4.53. The first kappa shape index (κ1) is 15.9. The smallest absolute Gasteiger partial charge is 0.0648 e. The zero-order chi connectivity index (χ0) is 17.4. The zero-order valence-electron chi connectivity index (χ0n) is 14.1. The summed E-state index contributed by atoms with van der Waals surface area (Å²) in [5.41, 5.74) is 8.65. The zero-order valence-corrected chi connectivity index (χ0v) is 15.7. The average molecular weight is 392 g/mol. The molecule has 0 spiro atoms. The third-order valence-electron chi connectivity index (χ3n) is 4.53. The van der Waals surface area contributed by atoms with Crippen LogP contribution in [-0.4, -0.2) is 10.3 Å². The number of aromatic nitrogens is 1. The molecule has 0 bridgehead atoms. The van der Waals surface area contributed by atoms with Gasteiger partial charge in [-0.2, -0.15) is 5.10 Å². The van der Waals surface area contributed by atoms with Crippen molar-refractivity contribution in [3.05, 3.63) is 76.8 Å². The van der Waals surface area contributed by atoms with Gasteiger partial charge in [-0.15, -0.1) is 0 Å². The van der Waals surface area contributed by atoms with E-state index in [1.807, 2.05) is 31.2 Å². The summed E-state index contributed by atoms with van der Waals surface area (Å²) in [6.07, 6.45) is 0. The summed E-state index contributed by atoms with van der Waals surface area (Å²) in [6, 6.07) is 23.0. The maximum Gasteiger partial charge on any atom is 0.0648 e. The lowest BCUT2D eigenvalue weighted by Crippen LogP contribution is -1.99. The number of aryl methyl sites for hydroxylation is 1. The molecule has 0 radical (unpaired) electrons. The lowest BCUT2D eigenvalue weighted by molar-refractivity contribution is 1.01. The summed E-state index contributed by atoms with van der Waals surface area (Å²) >= 11 is 3.44. The van der Waals surface area contributed by atoms with Crippen LogP contribution in [0.15, 0.2) is 76.3 Å². The van der Waals surface area contributed by atoms with Gasteiger partial charge in [-0.25, -0.2) is 0 Å². The Kier molecular flexibility index (Phi) is 4.06. The molecule has 0 saturated carbocycles. The number of fused-ring (bicyclic) bond motifs is 3.